The second-order valence-corrected chi connectivity index (χ2v) is 9.26. The molecule has 6 nitrogen and oxygen atoms in total. The number of hydrogen-bond acceptors (Lipinski definition) is 5. The predicted molar refractivity (Wildman–Crippen MR) is 159 cm³/mol. The van der Waals surface area contributed by atoms with Crippen LogP contribution in [0.3, 0.4) is 0 Å². The van der Waals surface area contributed by atoms with Gasteiger partial charge in [0.15, 0.2) is 0 Å². The molecule has 5 rings (SSSR count). The number of ether oxygens (including phenoxy) is 2. The van der Waals surface area contributed by atoms with E-state index >= 15 is 0 Å². The number of furan rings is 1. The summed E-state index contributed by atoms with van der Waals surface area (Å²) in [5.74, 6) is 1.62. The molecule has 0 spiro atoms. The molecule has 5 aromatic rings. The summed E-state index contributed by atoms with van der Waals surface area (Å²) in [7, 11) is 3.34. The number of carbonyl (C=O) groups excluding carboxylic acids is 1. The molecule has 0 aliphatic carbocycles. The molecule has 7 heteroatoms. The number of fused-ring (bicyclic) bond motifs is 1. The van der Waals surface area contributed by atoms with Crippen molar-refractivity contribution in [2.24, 2.45) is 0 Å². The Morgan fingerprint density at radius 3 is 2.41 bits per heavy atom. The lowest BCUT2D eigenvalue weighted by atomic mass is 10.0. The van der Waals surface area contributed by atoms with E-state index in [2.05, 4.69) is 19.1 Å². The highest BCUT2D eigenvalue weighted by atomic mass is 31.0. The molecular weight excluding hydrogens is 509 g/mol. The Kier molecular flexibility index (Phi) is 8.58. The molecule has 0 saturated heterocycles. The zero-order valence-electron chi connectivity index (χ0n) is 22.3. The van der Waals surface area contributed by atoms with Crippen molar-refractivity contribution in [1.82, 2.24) is 4.90 Å². The summed E-state index contributed by atoms with van der Waals surface area (Å²) in [6.07, 6.45) is 0. The van der Waals surface area contributed by atoms with Gasteiger partial charge in [-0.2, -0.15) is 9.90 Å². The molecule has 0 radical (unpaired) electrons. The van der Waals surface area contributed by atoms with Gasteiger partial charge in [0.25, 0.3) is 5.91 Å². The van der Waals surface area contributed by atoms with E-state index in [1.165, 1.54) is 5.56 Å². The molecule has 200 valence electrons. The highest BCUT2D eigenvalue weighted by molar-refractivity contribution is 6.92. The third-order valence-corrected chi connectivity index (χ3v) is 6.46. The van der Waals surface area contributed by atoms with E-state index in [1.54, 1.807) is 37.3 Å². The van der Waals surface area contributed by atoms with Gasteiger partial charge in [0.05, 0.1) is 12.7 Å². The van der Waals surface area contributed by atoms with Crippen molar-refractivity contribution in [3.05, 3.63) is 113 Å². The zero-order valence-corrected chi connectivity index (χ0v) is 23.7. The maximum absolute atomic E-state index is 13.8. The summed E-state index contributed by atoms with van der Waals surface area (Å²) >= 11 is 0. The van der Waals surface area contributed by atoms with Crippen LogP contribution in [-0.4, -0.2) is 30.1 Å². The summed E-state index contributed by atoms with van der Waals surface area (Å²) in [5, 5.41) is 10.7. The average molecular weight is 542 g/mol. The fraction of sp³-hybridized carbons (Fsp3) is 0.156. The summed E-state index contributed by atoms with van der Waals surface area (Å²) in [4.78, 5) is 15.4. The van der Waals surface area contributed by atoms with Crippen molar-refractivity contribution in [2.75, 3.05) is 14.2 Å². The fourth-order valence-corrected chi connectivity index (χ4v) is 4.41. The maximum atomic E-state index is 13.8. The molecule has 1 N–H and O–H groups in total. The molecule has 39 heavy (non-hydrogen) atoms. The average Bonchev–Trinajstić information content (AvgIpc) is 3.31. The van der Waals surface area contributed by atoms with Crippen LogP contribution in [0, 0.1) is 6.92 Å². The van der Waals surface area contributed by atoms with Crippen LogP contribution in [0.4, 0.5) is 0 Å². The molecule has 1 atom stereocenters. The van der Waals surface area contributed by atoms with Crippen molar-refractivity contribution in [3.8, 4) is 28.6 Å². The minimum Gasteiger partial charge on any atom is -0.508 e. The number of carbonyl (C=O) groups is 1. The Labute approximate surface area is 231 Å². The van der Waals surface area contributed by atoms with Crippen LogP contribution in [0.5, 0.6) is 17.2 Å². The van der Waals surface area contributed by atoms with E-state index in [9.17, 15) is 9.90 Å². The van der Waals surface area contributed by atoms with Crippen LogP contribution in [-0.2, 0) is 13.2 Å². The number of benzene rings is 4. The van der Waals surface area contributed by atoms with Gasteiger partial charge in [0, 0.05) is 36.2 Å². The Morgan fingerprint density at radius 2 is 1.69 bits per heavy atom. The Bertz CT molecular complexity index is 1580. The van der Waals surface area contributed by atoms with Crippen LogP contribution in [0.1, 0.15) is 27.0 Å². The lowest BCUT2D eigenvalue weighted by Crippen LogP contribution is -2.26. The van der Waals surface area contributed by atoms with Gasteiger partial charge in [-0.05, 0) is 42.8 Å². The highest BCUT2D eigenvalue weighted by Crippen LogP contribution is 2.36. The number of phenols is 1. The van der Waals surface area contributed by atoms with E-state index in [4.69, 9.17) is 13.9 Å². The van der Waals surface area contributed by atoms with E-state index in [0.717, 1.165) is 16.7 Å². The van der Waals surface area contributed by atoms with Gasteiger partial charge in [0.2, 0.25) is 0 Å². The van der Waals surface area contributed by atoms with Gasteiger partial charge in [-0.1, -0.05) is 60.2 Å². The monoisotopic (exact) mass is 541 g/mol. The zero-order chi connectivity index (χ0) is 26.6. The molecule has 4 aromatic carbocycles. The molecule has 1 heterocycles. The van der Waals surface area contributed by atoms with Crippen LogP contribution in [0.2, 0.25) is 0 Å². The number of aryl methyl sites for hydroxylation is 1. The van der Waals surface area contributed by atoms with Gasteiger partial charge >= 0.3 is 0 Å². The minimum absolute atomic E-state index is 0. The first-order valence-corrected chi connectivity index (χ1v) is 12.3. The number of hydrogen-bond donors (Lipinski definition) is 1. The van der Waals surface area contributed by atoms with E-state index in [-0.39, 0.29) is 21.6 Å². The van der Waals surface area contributed by atoms with Crippen molar-refractivity contribution >= 4 is 26.8 Å². The van der Waals surface area contributed by atoms with E-state index in [1.807, 2.05) is 60.7 Å². The molecule has 1 aromatic heterocycles. The van der Waals surface area contributed by atoms with Gasteiger partial charge < -0.3 is 23.9 Å². The summed E-state index contributed by atoms with van der Waals surface area (Å²) in [6.45, 7) is 2.81. The van der Waals surface area contributed by atoms with Crippen LogP contribution >= 0.6 is 9.90 Å². The topological polar surface area (TPSA) is 72.1 Å². The van der Waals surface area contributed by atoms with Gasteiger partial charge in [-0.25, -0.2) is 0 Å². The molecular formula is C32H32NO5P. The molecule has 0 saturated carbocycles. The van der Waals surface area contributed by atoms with Gasteiger partial charge in [-0.3, -0.25) is 4.79 Å². The lowest BCUT2D eigenvalue weighted by molar-refractivity contribution is 0.0786. The second kappa shape index (κ2) is 12.1. The number of nitrogens with zero attached hydrogens (tertiary/aromatic N) is 1. The fourth-order valence-electron chi connectivity index (χ4n) is 4.41. The van der Waals surface area contributed by atoms with Crippen molar-refractivity contribution in [3.63, 3.8) is 0 Å². The SMILES string of the molecule is COc1cc(OCc2ccc(C)cc2)ccc1CN(C)C(=O)c1c(-c2ccccc2)oc2ccc(O)cc12.P. The third-order valence-electron chi connectivity index (χ3n) is 6.46. The number of amides is 1. The summed E-state index contributed by atoms with van der Waals surface area (Å²) in [5.41, 5.74) is 4.84. The first-order chi connectivity index (χ1) is 18.4. The first kappa shape index (κ1) is 27.7. The molecule has 0 aliphatic heterocycles. The van der Waals surface area contributed by atoms with Crippen molar-refractivity contribution < 1.29 is 23.8 Å². The highest BCUT2D eigenvalue weighted by Gasteiger charge is 2.25. The standard InChI is InChI=1S/C32H29NO5.H3P/c1-21-9-11-22(12-10-21)20-37-26-15-13-24(29(18-26)36-3)19-33(2)32(35)30-27-17-25(34)14-16-28(27)38-31(30)23-7-5-4-6-8-23;/h4-18,34H,19-20H2,1-3H3;1H3. The van der Waals surface area contributed by atoms with Crippen LogP contribution < -0.4 is 9.47 Å². The number of phenolic OH excluding ortho intramolecular Hbond substituents is 1. The Balaban J connectivity index is 0.00000353. The minimum atomic E-state index is -0.227. The van der Waals surface area contributed by atoms with Gasteiger partial charge in [0.1, 0.15) is 35.2 Å². The van der Waals surface area contributed by atoms with Gasteiger partial charge in [-0.15, -0.1) is 0 Å². The van der Waals surface area contributed by atoms with Crippen molar-refractivity contribution in [1.29, 1.82) is 0 Å². The Hall–Kier alpha value is -4.28. The normalized spacial score (nSPS) is 10.6. The molecule has 0 aliphatic rings. The van der Waals surface area contributed by atoms with Crippen LogP contribution in [0.25, 0.3) is 22.3 Å². The molecule has 0 fully saturated rings. The molecule has 1 unspecified atom stereocenters. The number of rotatable bonds is 8. The molecule has 0 bridgehead atoms. The predicted octanol–water partition coefficient (Wildman–Crippen LogP) is 7.03. The maximum Gasteiger partial charge on any atom is 0.258 e. The Morgan fingerprint density at radius 1 is 0.949 bits per heavy atom. The quantitative estimate of drug-likeness (QED) is 0.214. The number of methoxy groups -OCH3 is 1. The lowest BCUT2D eigenvalue weighted by Gasteiger charge is -2.20. The second-order valence-electron chi connectivity index (χ2n) is 9.26. The smallest absolute Gasteiger partial charge is 0.258 e. The summed E-state index contributed by atoms with van der Waals surface area (Å²) in [6, 6.07) is 28.1. The van der Waals surface area contributed by atoms with E-state index in [0.29, 0.717) is 46.9 Å². The van der Waals surface area contributed by atoms with Crippen LogP contribution in [0.15, 0.2) is 95.4 Å². The first-order valence-electron chi connectivity index (χ1n) is 12.3. The van der Waals surface area contributed by atoms with E-state index < -0.39 is 0 Å². The number of aromatic hydroxyl groups is 1. The van der Waals surface area contributed by atoms with Crippen molar-refractivity contribution in [2.45, 2.75) is 20.1 Å². The molecule has 1 amide bonds. The third kappa shape index (κ3) is 6.08. The largest absolute Gasteiger partial charge is 0.508 e. The summed E-state index contributed by atoms with van der Waals surface area (Å²) < 4.78 is 17.7.